The first kappa shape index (κ1) is 21.0. The Labute approximate surface area is 148 Å². The van der Waals surface area contributed by atoms with Gasteiger partial charge in [-0.15, -0.1) is 24.0 Å². The van der Waals surface area contributed by atoms with E-state index in [0.29, 0.717) is 0 Å². The normalized spacial score (nSPS) is 18.2. The fourth-order valence-electron chi connectivity index (χ4n) is 2.43. The monoisotopic (exact) mass is 410 g/mol. The van der Waals surface area contributed by atoms with Crippen molar-refractivity contribution in [1.29, 1.82) is 0 Å². The van der Waals surface area contributed by atoms with Crippen molar-refractivity contribution in [2.24, 2.45) is 10.9 Å². The highest BCUT2D eigenvalue weighted by molar-refractivity contribution is 14.0. The zero-order valence-electron chi connectivity index (χ0n) is 14.5. The van der Waals surface area contributed by atoms with Gasteiger partial charge in [0, 0.05) is 18.6 Å². The fraction of sp³-hybridized carbons (Fsp3) is 0.938. The first-order chi connectivity index (χ1) is 9.40. The Balaban J connectivity index is 0.00000400. The van der Waals surface area contributed by atoms with Crippen LogP contribution in [-0.2, 0) is 0 Å². The quantitative estimate of drug-likeness (QED) is 0.317. The summed E-state index contributed by atoms with van der Waals surface area (Å²) < 4.78 is 0. The Hall–Kier alpha value is -0.0400. The minimum absolute atomic E-state index is 0. The molecule has 0 radical (unpaired) electrons. The van der Waals surface area contributed by atoms with Crippen LogP contribution < -0.4 is 10.6 Å². The lowest BCUT2D eigenvalue weighted by Gasteiger charge is -2.30. The van der Waals surface area contributed by atoms with Gasteiger partial charge in [0.25, 0.3) is 0 Å². The number of likely N-dealkylation sites (tertiary alicyclic amines) is 1. The zero-order chi connectivity index (χ0) is 15.0. The summed E-state index contributed by atoms with van der Waals surface area (Å²) in [6.07, 6.45) is 3.87. The van der Waals surface area contributed by atoms with Crippen LogP contribution in [0.1, 0.15) is 53.9 Å². The maximum atomic E-state index is 4.67. The predicted octanol–water partition coefficient (Wildman–Crippen LogP) is 3.08. The van der Waals surface area contributed by atoms with Crippen LogP contribution in [-0.4, -0.2) is 49.1 Å². The third-order valence-corrected chi connectivity index (χ3v) is 3.62. The van der Waals surface area contributed by atoms with Crippen LogP contribution >= 0.6 is 24.0 Å². The number of hydrogen-bond acceptors (Lipinski definition) is 2. The van der Waals surface area contributed by atoms with E-state index >= 15 is 0 Å². The second kappa shape index (κ2) is 10.6. The molecule has 1 rings (SSSR count). The molecule has 1 fully saturated rings. The lowest BCUT2D eigenvalue weighted by atomic mass is 9.99. The summed E-state index contributed by atoms with van der Waals surface area (Å²) in [7, 11) is 0. The number of hydrogen-bond donors (Lipinski definition) is 2. The molecular weight excluding hydrogens is 375 g/mol. The number of nitrogens with zero attached hydrogens (tertiary/aromatic N) is 2. The van der Waals surface area contributed by atoms with Crippen LogP contribution in [0.25, 0.3) is 0 Å². The van der Waals surface area contributed by atoms with Crippen LogP contribution in [0.5, 0.6) is 0 Å². The van der Waals surface area contributed by atoms with Crippen molar-refractivity contribution < 1.29 is 0 Å². The van der Waals surface area contributed by atoms with Gasteiger partial charge >= 0.3 is 0 Å². The fourth-order valence-corrected chi connectivity index (χ4v) is 2.43. The van der Waals surface area contributed by atoms with E-state index in [1.165, 1.54) is 32.5 Å². The van der Waals surface area contributed by atoms with E-state index in [1.807, 2.05) is 0 Å². The molecule has 2 N–H and O–H groups in total. The van der Waals surface area contributed by atoms with Crippen molar-refractivity contribution in [2.45, 2.75) is 59.4 Å². The van der Waals surface area contributed by atoms with Crippen molar-refractivity contribution in [3.63, 3.8) is 0 Å². The molecule has 1 saturated heterocycles. The highest BCUT2D eigenvalue weighted by Gasteiger charge is 2.15. The highest BCUT2D eigenvalue weighted by atomic mass is 127. The molecule has 0 saturated carbocycles. The molecule has 1 aliphatic rings. The number of rotatable bonds is 5. The van der Waals surface area contributed by atoms with E-state index in [1.54, 1.807) is 0 Å². The van der Waals surface area contributed by atoms with E-state index < -0.39 is 0 Å². The lowest BCUT2D eigenvalue weighted by molar-refractivity contribution is 0.191. The average Bonchev–Trinajstić information content (AvgIpc) is 2.35. The van der Waals surface area contributed by atoms with Crippen molar-refractivity contribution in [3.05, 3.63) is 0 Å². The molecule has 0 aromatic carbocycles. The number of halogens is 1. The van der Waals surface area contributed by atoms with Gasteiger partial charge in [0.15, 0.2) is 5.96 Å². The molecule has 21 heavy (non-hydrogen) atoms. The summed E-state index contributed by atoms with van der Waals surface area (Å²) in [5.41, 5.74) is 0.0595. The van der Waals surface area contributed by atoms with Crippen LogP contribution in [0.15, 0.2) is 4.99 Å². The molecule has 1 heterocycles. The number of aliphatic imine (C=N–C) groups is 1. The molecule has 0 aliphatic carbocycles. The van der Waals surface area contributed by atoms with E-state index in [4.69, 9.17) is 0 Å². The van der Waals surface area contributed by atoms with Crippen LogP contribution in [0.3, 0.4) is 0 Å². The molecule has 126 valence electrons. The summed E-state index contributed by atoms with van der Waals surface area (Å²) in [5, 5.41) is 6.74. The predicted molar refractivity (Wildman–Crippen MR) is 104 cm³/mol. The SMILES string of the molecule is CCNC(=NCCCN1CCC(C)CC1)NC(C)(C)C.I. The summed E-state index contributed by atoms with van der Waals surface area (Å²) >= 11 is 0. The number of guanidine groups is 1. The van der Waals surface area contributed by atoms with Crippen LogP contribution in [0.4, 0.5) is 0 Å². The van der Waals surface area contributed by atoms with Gasteiger partial charge in [-0.3, -0.25) is 4.99 Å². The standard InChI is InChI=1S/C16H34N4.HI/c1-6-17-15(19-16(3,4)5)18-10-7-11-20-12-8-14(2)9-13-20;/h14H,6-13H2,1-5H3,(H2,17,18,19);1H. The second-order valence-corrected chi connectivity index (χ2v) is 7.01. The van der Waals surface area contributed by atoms with Crippen LogP contribution in [0.2, 0.25) is 0 Å². The molecule has 0 spiro atoms. The van der Waals surface area contributed by atoms with Crippen molar-refractivity contribution in [2.75, 3.05) is 32.7 Å². The van der Waals surface area contributed by atoms with Gasteiger partial charge in [0.05, 0.1) is 0 Å². The van der Waals surface area contributed by atoms with Crippen LogP contribution in [0, 0.1) is 5.92 Å². The van der Waals surface area contributed by atoms with Gasteiger partial charge < -0.3 is 15.5 Å². The third-order valence-electron chi connectivity index (χ3n) is 3.62. The first-order valence-electron chi connectivity index (χ1n) is 8.19. The van der Waals surface area contributed by atoms with Gasteiger partial charge in [-0.25, -0.2) is 0 Å². The lowest BCUT2D eigenvalue weighted by Crippen LogP contribution is -2.47. The Morgan fingerprint density at radius 2 is 1.86 bits per heavy atom. The van der Waals surface area contributed by atoms with Gasteiger partial charge in [-0.2, -0.15) is 0 Å². The molecule has 0 amide bonds. The summed E-state index contributed by atoms with van der Waals surface area (Å²) in [5.74, 6) is 1.85. The largest absolute Gasteiger partial charge is 0.357 e. The van der Waals surface area contributed by atoms with E-state index in [0.717, 1.165) is 31.4 Å². The minimum atomic E-state index is 0. The van der Waals surface area contributed by atoms with Crippen molar-refractivity contribution in [1.82, 2.24) is 15.5 Å². The van der Waals surface area contributed by atoms with Gasteiger partial charge in [-0.05, 0) is 72.5 Å². The topological polar surface area (TPSA) is 39.7 Å². The van der Waals surface area contributed by atoms with Crippen molar-refractivity contribution >= 4 is 29.9 Å². The van der Waals surface area contributed by atoms with Crippen molar-refractivity contribution in [3.8, 4) is 0 Å². The molecule has 0 atom stereocenters. The Kier molecular flexibility index (Phi) is 10.6. The zero-order valence-corrected chi connectivity index (χ0v) is 16.9. The summed E-state index contributed by atoms with van der Waals surface area (Å²) in [6.45, 7) is 16.5. The van der Waals surface area contributed by atoms with Gasteiger partial charge in [0.2, 0.25) is 0 Å². The molecule has 4 nitrogen and oxygen atoms in total. The number of nitrogens with one attached hydrogen (secondary N) is 2. The highest BCUT2D eigenvalue weighted by Crippen LogP contribution is 2.15. The third kappa shape index (κ3) is 10.3. The Morgan fingerprint density at radius 1 is 1.24 bits per heavy atom. The van der Waals surface area contributed by atoms with Gasteiger partial charge in [0.1, 0.15) is 0 Å². The summed E-state index contributed by atoms with van der Waals surface area (Å²) in [4.78, 5) is 7.25. The average molecular weight is 410 g/mol. The Bertz CT molecular complexity index is 291. The van der Waals surface area contributed by atoms with E-state index in [-0.39, 0.29) is 29.5 Å². The Morgan fingerprint density at radius 3 is 2.38 bits per heavy atom. The molecular formula is C16H35IN4. The van der Waals surface area contributed by atoms with E-state index in [9.17, 15) is 0 Å². The maximum Gasteiger partial charge on any atom is 0.191 e. The second-order valence-electron chi connectivity index (χ2n) is 7.01. The molecule has 0 aromatic rings. The summed E-state index contributed by atoms with van der Waals surface area (Å²) in [6, 6.07) is 0. The molecule has 0 aromatic heterocycles. The smallest absolute Gasteiger partial charge is 0.191 e. The molecule has 0 unspecified atom stereocenters. The van der Waals surface area contributed by atoms with E-state index in [2.05, 4.69) is 55.1 Å². The first-order valence-corrected chi connectivity index (χ1v) is 8.19. The number of piperidine rings is 1. The minimum Gasteiger partial charge on any atom is -0.357 e. The molecule has 5 heteroatoms. The molecule has 0 bridgehead atoms. The van der Waals surface area contributed by atoms with Gasteiger partial charge in [-0.1, -0.05) is 6.92 Å². The maximum absolute atomic E-state index is 4.67. The molecule has 1 aliphatic heterocycles.